The van der Waals surface area contributed by atoms with Crippen LogP contribution in [0.3, 0.4) is 0 Å². The summed E-state index contributed by atoms with van der Waals surface area (Å²) < 4.78 is 13.7. The van der Waals surface area contributed by atoms with Gasteiger partial charge in [0.1, 0.15) is 5.82 Å². The van der Waals surface area contributed by atoms with Crippen molar-refractivity contribution in [1.82, 2.24) is 4.90 Å². The van der Waals surface area contributed by atoms with E-state index in [0.717, 1.165) is 12.8 Å². The highest BCUT2D eigenvalue weighted by atomic mass is 79.9. The highest BCUT2D eigenvalue weighted by molar-refractivity contribution is 9.10. The Hall–Kier alpha value is -0.940. The van der Waals surface area contributed by atoms with Crippen molar-refractivity contribution < 1.29 is 14.3 Å². The number of carbonyl (C=O) groups is 1. The molecule has 1 aromatic carbocycles. The number of hydrogen-bond donors (Lipinski definition) is 1. The van der Waals surface area contributed by atoms with E-state index in [1.807, 2.05) is 0 Å². The average molecular weight is 316 g/mol. The minimum atomic E-state index is -0.434. The van der Waals surface area contributed by atoms with Gasteiger partial charge in [0, 0.05) is 25.3 Å². The van der Waals surface area contributed by atoms with E-state index in [2.05, 4.69) is 15.9 Å². The fourth-order valence-corrected chi connectivity index (χ4v) is 2.46. The molecule has 0 radical (unpaired) electrons. The Bertz CT molecular complexity index is 453. The van der Waals surface area contributed by atoms with Crippen LogP contribution in [0.1, 0.15) is 23.2 Å². The monoisotopic (exact) mass is 315 g/mol. The molecular weight excluding hydrogens is 301 g/mol. The maximum atomic E-state index is 13.4. The number of halogens is 2. The molecule has 18 heavy (non-hydrogen) atoms. The van der Waals surface area contributed by atoms with Gasteiger partial charge in [0.25, 0.3) is 5.91 Å². The van der Waals surface area contributed by atoms with Crippen LogP contribution in [0.15, 0.2) is 22.7 Å². The predicted molar refractivity (Wildman–Crippen MR) is 69.8 cm³/mol. The Balaban J connectivity index is 2.12. The zero-order chi connectivity index (χ0) is 13.1. The summed E-state index contributed by atoms with van der Waals surface area (Å²) in [4.78, 5) is 13.9. The van der Waals surface area contributed by atoms with Crippen molar-refractivity contribution in [2.75, 3.05) is 19.7 Å². The molecule has 0 aromatic heterocycles. The van der Waals surface area contributed by atoms with Crippen molar-refractivity contribution in [3.63, 3.8) is 0 Å². The molecule has 98 valence electrons. The van der Waals surface area contributed by atoms with E-state index in [0.29, 0.717) is 23.1 Å². The summed E-state index contributed by atoms with van der Waals surface area (Å²) in [5.41, 5.74) is 0.356. The van der Waals surface area contributed by atoms with Gasteiger partial charge in [0.05, 0.1) is 4.47 Å². The largest absolute Gasteiger partial charge is 0.396 e. The summed E-state index contributed by atoms with van der Waals surface area (Å²) in [5.74, 6) is -0.459. The lowest BCUT2D eigenvalue weighted by Crippen LogP contribution is -2.40. The molecule has 3 nitrogen and oxygen atoms in total. The van der Waals surface area contributed by atoms with E-state index < -0.39 is 5.82 Å². The van der Waals surface area contributed by atoms with Crippen molar-refractivity contribution >= 4 is 21.8 Å². The van der Waals surface area contributed by atoms with E-state index in [1.165, 1.54) is 12.1 Å². The smallest absolute Gasteiger partial charge is 0.253 e. The second-order valence-electron chi connectivity index (χ2n) is 4.57. The van der Waals surface area contributed by atoms with E-state index in [-0.39, 0.29) is 18.4 Å². The van der Waals surface area contributed by atoms with Gasteiger partial charge >= 0.3 is 0 Å². The van der Waals surface area contributed by atoms with Gasteiger partial charge in [-0.3, -0.25) is 4.79 Å². The molecule has 1 aromatic rings. The molecule has 1 N–H and O–H groups in total. The number of carbonyl (C=O) groups excluding carboxylic acids is 1. The number of aliphatic hydroxyl groups excluding tert-OH is 1. The third kappa shape index (κ3) is 2.90. The molecule has 1 aliphatic heterocycles. The van der Waals surface area contributed by atoms with Crippen LogP contribution in [0, 0.1) is 11.7 Å². The molecular formula is C13H15BrFNO2. The molecule has 5 heteroatoms. The Morgan fingerprint density at radius 2 is 2.33 bits per heavy atom. The molecule has 1 aliphatic rings. The standard InChI is InChI=1S/C13H15BrFNO2/c14-11-4-3-10(6-12(11)15)13(18)16-5-1-2-9(7-16)8-17/h3-4,6,9,17H,1-2,5,7-8H2. The SMILES string of the molecule is O=C(c1ccc(Br)c(F)c1)N1CCCC(CO)C1. The summed E-state index contributed by atoms with van der Waals surface area (Å²) >= 11 is 3.06. The van der Waals surface area contributed by atoms with Crippen LogP contribution < -0.4 is 0 Å². The summed E-state index contributed by atoms with van der Waals surface area (Å²) in [6.45, 7) is 1.32. The fraction of sp³-hybridized carbons (Fsp3) is 0.462. The van der Waals surface area contributed by atoms with Crippen LogP contribution in [0.2, 0.25) is 0 Å². The van der Waals surface area contributed by atoms with Gasteiger partial charge in [-0.05, 0) is 52.9 Å². The molecule has 2 rings (SSSR count). The Morgan fingerprint density at radius 1 is 1.56 bits per heavy atom. The highest BCUT2D eigenvalue weighted by Crippen LogP contribution is 2.21. The second kappa shape index (κ2) is 5.80. The minimum absolute atomic E-state index is 0.0957. The van der Waals surface area contributed by atoms with Gasteiger partial charge in [0.2, 0.25) is 0 Å². The van der Waals surface area contributed by atoms with Gasteiger partial charge in [-0.1, -0.05) is 0 Å². The van der Waals surface area contributed by atoms with Crippen molar-refractivity contribution in [2.45, 2.75) is 12.8 Å². The first kappa shape index (κ1) is 13.5. The number of rotatable bonds is 2. The number of piperidine rings is 1. The number of benzene rings is 1. The number of likely N-dealkylation sites (tertiary alicyclic amines) is 1. The Morgan fingerprint density at radius 3 is 3.00 bits per heavy atom. The minimum Gasteiger partial charge on any atom is -0.396 e. The molecule has 0 spiro atoms. The van der Waals surface area contributed by atoms with Crippen LogP contribution in [0.4, 0.5) is 4.39 Å². The summed E-state index contributed by atoms with van der Waals surface area (Å²) in [6, 6.07) is 4.39. The molecule has 1 saturated heterocycles. The van der Waals surface area contributed by atoms with Crippen molar-refractivity contribution in [3.05, 3.63) is 34.1 Å². The lowest BCUT2D eigenvalue weighted by molar-refractivity contribution is 0.0620. The molecule has 0 aliphatic carbocycles. The van der Waals surface area contributed by atoms with E-state index >= 15 is 0 Å². The van der Waals surface area contributed by atoms with E-state index in [1.54, 1.807) is 11.0 Å². The van der Waals surface area contributed by atoms with Crippen LogP contribution in [-0.2, 0) is 0 Å². The number of aliphatic hydroxyl groups is 1. The van der Waals surface area contributed by atoms with Crippen molar-refractivity contribution in [1.29, 1.82) is 0 Å². The Kier molecular flexibility index (Phi) is 4.35. The van der Waals surface area contributed by atoms with Gasteiger partial charge < -0.3 is 10.0 Å². The molecule has 1 unspecified atom stereocenters. The number of nitrogens with zero attached hydrogens (tertiary/aromatic N) is 1. The molecule has 1 atom stereocenters. The third-order valence-electron chi connectivity index (χ3n) is 3.23. The van der Waals surface area contributed by atoms with Crippen LogP contribution >= 0.6 is 15.9 Å². The van der Waals surface area contributed by atoms with Crippen molar-refractivity contribution in [3.8, 4) is 0 Å². The zero-order valence-corrected chi connectivity index (χ0v) is 11.5. The topological polar surface area (TPSA) is 40.5 Å². The molecule has 0 bridgehead atoms. The zero-order valence-electron chi connectivity index (χ0n) is 9.90. The van der Waals surface area contributed by atoms with E-state index in [9.17, 15) is 9.18 Å². The molecule has 0 saturated carbocycles. The van der Waals surface area contributed by atoms with Crippen LogP contribution in [-0.4, -0.2) is 35.6 Å². The third-order valence-corrected chi connectivity index (χ3v) is 3.87. The number of hydrogen-bond acceptors (Lipinski definition) is 2. The first-order valence-corrected chi connectivity index (χ1v) is 6.76. The molecule has 1 heterocycles. The fourth-order valence-electron chi connectivity index (χ4n) is 2.21. The predicted octanol–water partition coefficient (Wildman–Crippen LogP) is 2.43. The first-order valence-electron chi connectivity index (χ1n) is 5.97. The van der Waals surface area contributed by atoms with E-state index in [4.69, 9.17) is 5.11 Å². The lowest BCUT2D eigenvalue weighted by atomic mass is 9.98. The number of amides is 1. The van der Waals surface area contributed by atoms with Crippen molar-refractivity contribution in [2.24, 2.45) is 5.92 Å². The van der Waals surface area contributed by atoms with Gasteiger partial charge in [0.15, 0.2) is 0 Å². The second-order valence-corrected chi connectivity index (χ2v) is 5.43. The summed E-state index contributed by atoms with van der Waals surface area (Å²) in [5, 5.41) is 9.14. The summed E-state index contributed by atoms with van der Waals surface area (Å²) in [7, 11) is 0. The summed E-state index contributed by atoms with van der Waals surface area (Å²) in [6.07, 6.45) is 1.82. The molecule has 1 amide bonds. The maximum absolute atomic E-state index is 13.4. The quantitative estimate of drug-likeness (QED) is 0.910. The maximum Gasteiger partial charge on any atom is 0.253 e. The normalized spacial score (nSPS) is 19.9. The first-order chi connectivity index (χ1) is 8.61. The average Bonchev–Trinajstić information content (AvgIpc) is 2.41. The van der Waals surface area contributed by atoms with Gasteiger partial charge in [-0.25, -0.2) is 4.39 Å². The Labute approximate surface area is 114 Å². The lowest BCUT2D eigenvalue weighted by Gasteiger charge is -2.31. The van der Waals surface area contributed by atoms with Gasteiger partial charge in [-0.15, -0.1) is 0 Å². The molecule has 1 fully saturated rings. The highest BCUT2D eigenvalue weighted by Gasteiger charge is 2.24. The van der Waals surface area contributed by atoms with Gasteiger partial charge in [-0.2, -0.15) is 0 Å². The van der Waals surface area contributed by atoms with Crippen LogP contribution in [0.25, 0.3) is 0 Å². The van der Waals surface area contributed by atoms with Crippen LogP contribution in [0.5, 0.6) is 0 Å².